The van der Waals surface area contributed by atoms with E-state index in [1.165, 1.54) is 43.2 Å². The molecule has 0 heterocycles. The van der Waals surface area contributed by atoms with E-state index in [1.54, 1.807) is 7.11 Å². The number of likely N-dealkylation sites (N-methyl/N-ethyl adjacent to an activating group) is 1. The van der Waals surface area contributed by atoms with Crippen LogP contribution in [0.4, 0.5) is 0 Å². The van der Waals surface area contributed by atoms with Crippen molar-refractivity contribution in [3.05, 3.63) is 29.3 Å². The minimum absolute atomic E-state index is 0.568. The van der Waals surface area contributed by atoms with Crippen LogP contribution in [-0.2, 0) is 6.42 Å². The van der Waals surface area contributed by atoms with E-state index in [-0.39, 0.29) is 0 Å². The van der Waals surface area contributed by atoms with Crippen LogP contribution in [0.25, 0.3) is 0 Å². The van der Waals surface area contributed by atoms with Crippen LogP contribution in [0.5, 0.6) is 5.75 Å². The van der Waals surface area contributed by atoms with Crippen molar-refractivity contribution in [3.63, 3.8) is 0 Å². The van der Waals surface area contributed by atoms with Crippen LogP contribution < -0.4 is 10.1 Å². The Kier molecular flexibility index (Phi) is 6.10. The third-order valence-electron chi connectivity index (χ3n) is 5.28. The van der Waals surface area contributed by atoms with Crippen LogP contribution in [0.1, 0.15) is 50.2 Å². The predicted octanol–water partition coefficient (Wildman–Crippen LogP) is 4.35. The number of hydrogen-bond donors (Lipinski definition) is 1. The van der Waals surface area contributed by atoms with Crippen LogP contribution in [-0.4, -0.2) is 20.2 Å². The Balaban J connectivity index is 2.04. The van der Waals surface area contributed by atoms with E-state index in [0.717, 1.165) is 24.0 Å². The normalized spacial score (nSPS) is 23.8. The highest BCUT2D eigenvalue weighted by Crippen LogP contribution is 2.34. The average Bonchev–Trinajstić information content (AvgIpc) is 2.53. The van der Waals surface area contributed by atoms with Gasteiger partial charge in [0.25, 0.3) is 0 Å². The largest absolute Gasteiger partial charge is 0.496 e. The predicted molar refractivity (Wildman–Crippen MR) is 90.0 cm³/mol. The Morgan fingerprint density at radius 2 is 1.95 bits per heavy atom. The summed E-state index contributed by atoms with van der Waals surface area (Å²) in [4.78, 5) is 0. The van der Waals surface area contributed by atoms with Gasteiger partial charge in [0, 0.05) is 6.04 Å². The summed E-state index contributed by atoms with van der Waals surface area (Å²) in [6.45, 7) is 4.49. The van der Waals surface area contributed by atoms with Crippen molar-refractivity contribution in [2.75, 3.05) is 14.2 Å². The lowest BCUT2D eigenvalue weighted by Crippen LogP contribution is -2.37. The number of hydrogen-bond acceptors (Lipinski definition) is 2. The number of nitrogens with one attached hydrogen (secondary N) is 1. The second kappa shape index (κ2) is 7.84. The average molecular weight is 289 g/mol. The third kappa shape index (κ3) is 4.23. The van der Waals surface area contributed by atoms with Crippen LogP contribution in [0.15, 0.2) is 18.2 Å². The molecule has 1 aliphatic carbocycles. The molecule has 0 aromatic heterocycles. The van der Waals surface area contributed by atoms with Gasteiger partial charge in [-0.3, -0.25) is 0 Å². The van der Waals surface area contributed by atoms with Crippen molar-refractivity contribution in [2.45, 2.75) is 58.4 Å². The maximum absolute atomic E-state index is 5.54. The van der Waals surface area contributed by atoms with Crippen molar-refractivity contribution < 1.29 is 4.74 Å². The molecule has 1 N–H and O–H groups in total. The van der Waals surface area contributed by atoms with Crippen molar-refractivity contribution in [1.29, 1.82) is 0 Å². The summed E-state index contributed by atoms with van der Waals surface area (Å²) in [5.74, 6) is 2.80. The zero-order valence-corrected chi connectivity index (χ0v) is 14.1. The molecule has 1 unspecified atom stereocenters. The second-order valence-corrected chi connectivity index (χ2v) is 6.60. The Bertz CT molecular complexity index is 435. The van der Waals surface area contributed by atoms with Crippen LogP contribution in [0.3, 0.4) is 0 Å². The minimum Gasteiger partial charge on any atom is -0.496 e. The van der Waals surface area contributed by atoms with Crippen molar-refractivity contribution in [2.24, 2.45) is 11.8 Å². The van der Waals surface area contributed by atoms with Crippen molar-refractivity contribution in [3.8, 4) is 5.75 Å². The molecule has 1 aromatic carbocycles. The Morgan fingerprint density at radius 1 is 1.24 bits per heavy atom. The summed E-state index contributed by atoms with van der Waals surface area (Å²) in [6, 6.07) is 7.08. The molecular weight excluding hydrogens is 258 g/mol. The van der Waals surface area contributed by atoms with Crippen molar-refractivity contribution >= 4 is 0 Å². The highest BCUT2D eigenvalue weighted by molar-refractivity contribution is 5.37. The molecule has 0 amide bonds. The van der Waals surface area contributed by atoms with Gasteiger partial charge in [-0.2, -0.15) is 0 Å². The molecule has 2 heteroatoms. The van der Waals surface area contributed by atoms with Gasteiger partial charge >= 0.3 is 0 Å². The van der Waals surface area contributed by atoms with Gasteiger partial charge in [0.15, 0.2) is 0 Å². The smallest absolute Gasteiger partial charge is 0.122 e. The van der Waals surface area contributed by atoms with E-state index in [0.29, 0.717) is 6.04 Å². The maximum atomic E-state index is 5.54. The molecule has 1 fully saturated rings. The molecule has 0 bridgehead atoms. The third-order valence-corrected chi connectivity index (χ3v) is 5.28. The number of methoxy groups -OCH3 is 1. The SMILES string of the molecule is CCC1CCC(C(Cc2cc(C)ccc2OC)NC)CC1. The van der Waals surface area contributed by atoms with Gasteiger partial charge in [0.1, 0.15) is 5.75 Å². The van der Waals surface area contributed by atoms with Crippen LogP contribution in [0.2, 0.25) is 0 Å². The van der Waals surface area contributed by atoms with E-state index >= 15 is 0 Å². The zero-order valence-electron chi connectivity index (χ0n) is 14.1. The van der Waals surface area contributed by atoms with Gasteiger partial charge in [0.2, 0.25) is 0 Å². The minimum atomic E-state index is 0.568. The lowest BCUT2D eigenvalue weighted by atomic mass is 9.76. The second-order valence-electron chi connectivity index (χ2n) is 6.60. The molecule has 1 saturated carbocycles. The summed E-state index contributed by atoms with van der Waals surface area (Å²) in [6.07, 6.45) is 7.98. The van der Waals surface area contributed by atoms with Gasteiger partial charge in [-0.15, -0.1) is 0 Å². The number of aryl methyl sites for hydroxylation is 1. The van der Waals surface area contributed by atoms with Gasteiger partial charge in [0.05, 0.1) is 7.11 Å². The lowest BCUT2D eigenvalue weighted by molar-refractivity contribution is 0.221. The molecule has 0 saturated heterocycles. The van der Waals surface area contributed by atoms with E-state index < -0.39 is 0 Å². The molecule has 0 radical (unpaired) electrons. The first-order valence-corrected chi connectivity index (χ1v) is 8.48. The Labute approximate surface area is 130 Å². The quantitative estimate of drug-likeness (QED) is 0.840. The number of ether oxygens (including phenoxy) is 1. The molecule has 1 atom stereocenters. The molecule has 0 spiro atoms. The lowest BCUT2D eigenvalue weighted by Gasteiger charge is -2.34. The standard InChI is InChI=1S/C19H31NO/c1-5-15-7-9-16(10-8-15)18(20-3)13-17-12-14(2)6-11-19(17)21-4/h6,11-12,15-16,18,20H,5,7-10,13H2,1-4H3. The molecule has 1 aromatic rings. The molecule has 2 nitrogen and oxygen atoms in total. The number of rotatable bonds is 6. The van der Waals surface area contributed by atoms with E-state index in [4.69, 9.17) is 4.74 Å². The monoisotopic (exact) mass is 289 g/mol. The van der Waals surface area contributed by atoms with E-state index in [9.17, 15) is 0 Å². The van der Waals surface area contributed by atoms with Gasteiger partial charge in [-0.25, -0.2) is 0 Å². The summed E-state index contributed by atoms with van der Waals surface area (Å²) < 4.78 is 5.54. The first kappa shape index (κ1) is 16.4. The fourth-order valence-electron chi connectivity index (χ4n) is 3.81. The Hall–Kier alpha value is -1.02. The summed E-state index contributed by atoms with van der Waals surface area (Å²) in [5.41, 5.74) is 2.66. The van der Waals surface area contributed by atoms with E-state index in [1.807, 2.05) is 0 Å². The first-order valence-electron chi connectivity index (χ1n) is 8.48. The fourth-order valence-corrected chi connectivity index (χ4v) is 3.81. The van der Waals surface area contributed by atoms with Crippen molar-refractivity contribution in [1.82, 2.24) is 5.32 Å². The van der Waals surface area contributed by atoms with Gasteiger partial charge in [-0.1, -0.05) is 43.9 Å². The molecular formula is C19H31NO. The molecule has 1 aliphatic rings. The van der Waals surface area contributed by atoms with Gasteiger partial charge in [-0.05, 0) is 56.7 Å². The first-order chi connectivity index (χ1) is 10.2. The highest BCUT2D eigenvalue weighted by Gasteiger charge is 2.26. The summed E-state index contributed by atoms with van der Waals surface area (Å²) in [7, 11) is 3.88. The number of benzene rings is 1. The zero-order chi connectivity index (χ0) is 15.2. The van der Waals surface area contributed by atoms with Crippen LogP contribution in [0, 0.1) is 18.8 Å². The topological polar surface area (TPSA) is 21.3 Å². The summed E-state index contributed by atoms with van der Waals surface area (Å²) >= 11 is 0. The summed E-state index contributed by atoms with van der Waals surface area (Å²) in [5, 5.41) is 3.57. The molecule has 118 valence electrons. The molecule has 21 heavy (non-hydrogen) atoms. The molecule has 2 rings (SSSR count). The van der Waals surface area contributed by atoms with Gasteiger partial charge < -0.3 is 10.1 Å². The maximum Gasteiger partial charge on any atom is 0.122 e. The molecule has 0 aliphatic heterocycles. The van der Waals surface area contributed by atoms with Crippen LogP contribution >= 0.6 is 0 Å². The Morgan fingerprint density at radius 3 is 2.52 bits per heavy atom. The fraction of sp³-hybridized carbons (Fsp3) is 0.684. The van der Waals surface area contributed by atoms with E-state index in [2.05, 4.69) is 44.4 Å². The highest BCUT2D eigenvalue weighted by atomic mass is 16.5.